The minimum atomic E-state index is 0.125. The molecule has 1 aliphatic rings. The van der Waals surface area contributed by atoms with E-state index in [0.717, 1.165) is 24.9 Å². The summed E-state index contributed by atoms with van der Waals surface area (Å²) in [5, 5.41) is 6.01. The predicted molar refractivity (Wildman–Crippen MR) is 62.7 cm³/mol. The molecule has 0 heterocycles. The molecule has 0 bridgehead atoms. The molecule has 3 heteroatoms. The molecule has 2 N–H and O–H groups in total. The van der Waals surface area contributed by atoms with Gasteiger partial charge in [0.15, 0.2) is 0 Å². The summed E-state index contributed by atoms with van der Waals surface area (Å²) >= 11 is 0. The SMILES string of the molecule is CNC(=O)CCNCC1CCCC(C)C1. The second-order valence-corrected chi connectivity index (χ2v) is 4.77. The molecule has 2 atom stereocenters. The van der Waals surface area contributed by atoms with Gasteiger partial charge in [0.2, 0.25) is 5.91 Å². The highest BCUT2D eigenvalue weighted by molar-refractivity contribution is 5.75. The third-order valence-corrected chi connectivity index (χ3v) is 3.29. The fourth-order valence-corrected chi connectivity index (χ4v) is 2.38. The number of rotatable bonds is 5. The Bertz CT molecular complexity index is 194. The first kappa shape index (κ1) is 12.5. The van der Waals surface area contributed by atoms with Gasteiger partial charge in [-0.25, -0.2) is 0 Å². The number of amides is 1. The molecular formula is C12H24N2O. The predicted octanol–water partition coefficient (Wildman–Crippen LogP) is 1.54. The van der Waals surface area contributed by atoms with Gasteiger partial charge in [-0.05, 0) is 31.2 Å². The molecule has 0 aliphatic heterocycles. The number of hydrogen-bond donors (Lipinski definition) is 2. The highest BCUT2D eigenvalue weighted by Gasteiger charge is 2.18. The lowest BCUT2D eigenvalue weighted by molar-refractivity contribution is -0.120. The zero-order valence-electron chi connectivity index (χ0n) is 10.0. The maximum atomic E-state index is 11.0. The van der Waals surface area contributed by atoms with Crippen LogP contribution in [-0.2, 0) is 4.79 Å². The Morgan fingerprint density at radius 2 is 2.20 bits per heavy atom. The van der Waals surface area contributed by atoms with Crippen molar-refractivity contribution in [2.75, 3.05) is 20.1 Å². The van der Waals surface area contributed by atoms with Crippen molar-refractivity contribution in [3.63, 3.8) is 0 Å². The molecule has 2 unspecified atom stereocenters. The molecule has 1 rings (SSSR count). The average molecular weight is 212 g/mol. The standard InChI is InChI=1S/C12H24N2O/c1-10-4-3-5-11(8-10)9-14-7-6-12(15)13-2/h10-11,14H,3-9H2,1-2H3,(H,13,15). The van der Waals surface area contributed by atoms with E-state index in [0.29, 0.717) is 6.42 Å². The van der Waals surface area contributed by atoms with Crippen LogP contribution in [0, 0.1) is 11.8 Å². The summed E-state index contributed by atoms with van der Waals surface area (Å²) in [6.45, 7) is 4.24. The molecule has 0 aromatic rings. The van der Waals surface area contributed by atoms with Gasteiger partial charge >= 0.3 is 0 Å². The fourth-order valence-electron chi connectivity index (χ4n) is 2.38. The van der Waals surface area contributed by atoms with E-state index in [1.807, 2.05) is 0 Å². The summed E-state index contributed by atoms with van der Waals surface area (Å²) in [6, 6.07) is 0. The smallest absolute Gasteiger partial charge is 0.221 e. The second-order valence-electron chi connectivity index (χ2n) is 4.77. The van der Waals surface area contributed by atoms with Crippen molar-refractivity contribution in [3.8, 4) is 0 Å². The molecule has 1 aliphatic carbocycles. The summed E-state index contributed by atoms with van der Waals surface area (Å²) in [7, 11) is 1.69. The zero-order chi connectivity index (χ0) is 11.1. The van der Waals surface area contributed by atoms with Crippen molar-refractivity contribution in [2.45, 2.75) is 39.0 Å². The van der Waals surface area contributed by atoms with Gasteiger partial charge in [-0.15, -0.1) is 0 Å². The lowest BCUT2D eigenvalue weighted by Crippen LogP contribution is -2.30. The van der Waals surface area contributed by atoms with Crippen molar-refractivity contribution in [3.05, 3.63) is 0 Å². The van der Waals surface area contributed by atoms with Crippen molar-refractivity contribution in [1.29, 1.82) is 0 Å². The Morgan fingerprint density at radius 1 is 1.40 bits per heavy atom. The summed E-state index contributed by atoms with van der Waals surface area (Å²) < 4.78 is 0. The Morgan fingerprint density at radius 3 is 2.87 bits per heavy atom. The van der Waals surface area contributed by atoms with Gasteiger partial charge in [0, 0.05) is 20.0 Å². The van der Waals surface area contributed by atoms with Crippen LogP contribution in [0.5, 0.6) is 0 Å². The summed E-state index contributed by atoms with van der Waals surface area (Å²) in [5.41, 5.74) is 0. The topological polar surface area (TPSA) is 41.1 Å². The van der Waals surface area contributed by atoms with E-state index in [4.69, 9.17) is 0 Å². The van der Waals surface area contributed by atoms with E-state index in [-0.39, 0.29) is 5.91 Å². The maximum absolute atomic E-state index is 11.0. The highest BCUT2D eigenvalue weighted by Crippen LogP contribution is 2.27. The van der Waals surface area contributed by atoms with Gasteiger partial charge in [0.05, 0.1) is 0 Å². The lowest BCUT2D eigenvalue weighted by Gasteiger charge is -2.26. The van der Waals surface area contributed by atoms with Crippen LogP contribution >= 0.6 is 0 Å². The van der Waals surface area contributed by atoms with E-state index in [1.54, 1.807) is 7.05 Å². The van der Waals surface area contributed by atoms with Crippen LogP contribution in [0.15, 0.2) is 0 Å². The maximum Gasteiger partial charge on any atom is 0.221 e. The Hall–Kier alpha value is -0.570. The van der Waals surface area contributed by atoms with Crippen LogP contribution in [0.25, 0.3) is 0 Å². The fraction of sp³-hybridized carbons (Fsp3) is 0.917. The van der Waals surface area contributed by atoms with Gasteiger partial charge in [-0.2, -0.15) is 0 Å². The van der Waals surface area contributed by atoms with Gasteiger partial charge in [0.1, 0.15) is 0 Å². The van der Waals surface area contributed by atoms with Crippen LogP contribution in [0.3, 0.4) is 0 Å². The minimum Gasteiger partial charge on any atom is -0.359 e. The van der Waals surface area contributed by atoms with E-state index >= 15 is 0 Å². The summed E-state index contributed by atoms with van der Waals surface area (Å²) in [5.74, 6) is 1.85. The molecule has 0 saturated heterocycles. The van der Waals surface area contributed by atoms with Crippen LogP contribution in [-0.4, -0.2) is 26.0 Å². The monoisotopic (exact) mass is 212 g/mol. The third kappa shape index (κ3) is 5.17. The Balaban J connectivity index is 2.02. The van der Waals surface area contributed by atoms with E-state index in [2.05, 4.69) is 17.6 Å². The van der Waals surface area contributed by atoms with Crippen molar-refractivity contribution in [2.24, 2.45) is 11.8 Å². The van der Waals surface area contributed by atoms with Crippen LogP contribution in [0.4, 0.5) is 0 Å². The van der Waals surface area contributed by atoms with Crippen molar-refractivity contribution < 1.29 is 4.79 Å². The molecular weight excluding hydrogens is 188 g/mol. The summed E-state index contributed by atoms with van der Waals surface area (Å²) in [6.07, 6.45) is 6.08. The molecule has 1 fully saturated rings. The molecule has 0 radical (unpaired) electrons. The van der Waals surface area contributed by atoms with Crippen LogP contribution < -0.4 is 10.6 Å². The Labute approximate surface area is 93.0 Å². The molecule has 0 aromatic carbocycles. The van der Waals surface area contributed by atoms with Crippen molar-refractivity contribution in [1.82, 2.24) is 10.6 Å². The van der Waals surface area contributed by atoms with E-state index in [9.17, 15) is 4.79 Å². The minimum absolute atomic E-state index is 0.125. The number of carbonyl (C=O) groups excluding carboxylic acids is 1. The van der Waals surface area contributed by atoms with Crippen molar-refractivity contribution >= 4 is 5.91 Å². The van der Waals surface area contributed by atoms with E-state index < -0.39 is 0 Å². The number of nitrogens with one attached hydrogen (secondary N) is 2. The first-order valence-electron chi connectivity index (χ1n) is 6.13. The van der Waals surface area contributed by atoms with Gasteiger partial charge in [-0.1, -0.05) is 19.8 Å². The quantitative estimate of drug-likeness (QED) is 0.679. The molecule has 88 valence electrons. The molecule has 0 aromatic heterocycles. The Kier molecular flexibility index (Phi) is 5.69. The van der Waals surface area contributed by atoms with Crippen LogP contribution in [0.1, 0.15) is 39.0 Å². The largest absolute Gasteiger partial charge is 0.359 e. The van der Waals surface area contributed by atoms with Crippen LogP contribution in [0.2, 0.25) is 0 Å². The second kappa shape index (κ2) is 6.83. The molecule has 15 heavy (non-hydrogen) atoms. The third-order valence-electron chi connectivity index (χ3n) is 3.29. The van der Waals surface area contributed by atoms with E-state index in [1.165, 1.54) is 25.7 Å². The first-order chi connectivity index (χ1) is 7.22. The molecule has 1 amide bonds. The molecule has 1 saturated carbocycles. The number of carbonyl (C=O) groups is 1. The van der Waals surface area contributed by atoms with Gasteiger partial charge < -0.3 is 10.6 Å². The lowest BCUT2D eigenvalue weighted by atomic mass is 9.82. The van der Waals surface area contributed by atoms with Gasteiger partial charge in [0.25, 0.3) is 0 Å². The normalized spacial score (nSPS) is 26.3. The molecule has 0 spiro atoms. The molecule has 3 nitrogen and oxygen atoms in total. The number of hydrogen-bond acceptors (Lipinski definition) is 2. The zero-order valence-corrected chi connectivity index (χ0v) is 10.0. The summed E-state index contributed by atoms with van der Waals surface area (Å²) in [4.78, 5) is 11.0. The highest BCUT2D eigenvalue weighted by atomic mass is 16.1. The van der Waals surface area contributed by atoms with Gasteiger partial charge in [-0.3, -0.25) is 4.79 Å². The average Bonchev–Trinajstić information content (AvgIpc) is 2.24. The first-order valence-corrected chi connectivity index (χ1v) is 6.13.